The van der Waals surface area contributed by atoms with Gasteiger partial charge in [0.25, 0.3) is 0 Å². The summed E-state index contributed by atoms with van der Waals surface area (Å²) in [5, 5.41) is 7.12. The number of urea groups is 1. The highest BCUT2D eigenvalue weighted by molar-refractivity contribution is 5.98. The lowest BCUT2D eigenvalue weighted by Crippen LogP contribution is -2.56. The maximum Gasteiger partial charge on any atom is 0.318 e. The van der Waals surface area contributed by atoms with Gasteiger partial charge in [0.2, 0.25) is 5.91 Å². The fraction of sp³-hybridized carbons (Fsp3) is 0.312. The first-order valence-corrected chi connectivity index (χ1v) is 13.9. The number of benzene rings is 3. The second kappa shape index (κ2) is 12.4. The molecule has 214 valence electrons. The first-order chi connectivity index (χ1) is 19.8. The lowest BCUT2D eigenvalue weighted by atomic mass is 9.92. The van der Waals surface area contributed by atoms with Crippen molar-refractivity contribution < 1.29 is 14.0 Å². The van der Waals surface area contributed by atoms with Gasteiger partial charge in [-0.15, -0.1) is 0 Å². The number of nitrogens with one attached hydrogen (secondary N) is 3. The summed E-state index contributed by atoms with van der Waals surface area (Å²) in [5.41, 5.74) is 4.63. The molecule has 0 bridgehead atoms. The van der Waals surface area contributed by atoms with E-state index in [4.69, 9.17) is 0 Å². The molecule has 1 saturated heterocycles. The van der Waals surface area contributed by atoms with Gasteiger partial charge < -0.3 is 30.3 Å². The molecule has 0 radical (unpaired) electrons. The van der Waals surface area contributed by atoms with Crippen molar-refractivity contribution in [2.24, 2.45) is 0 Å². The molecular formula is C32H37FN6O2. The number of carbonyl (C=O) groups is 2. The lowest BCUT2D eigenvalue weighted by molar-refractivity contribution is -0.118. The molecule has 2 heterocycles. The average Bonchev–Trinajstić information content (AvgIpc) is 3.40. The lowest BCUT2D eigenvalue weighted by Gasteiger charge is -2.37. The zero-order valence-electron chi connectivity index (χ0n) is 23.7. The number of halogens is 1. The van der Waals surface area contributed by atoms with Gasteiger partial charge in [-0.3, -0.25) is 4.79 Å². The molecule has 9 heteroatoms. The normalized spacial score (nSPS) is 15.1. The van der Waals surface area contributed by atoms with Gasteiger partial charge in [0.15, 0.2) is 0 Å². The van der Waals surface area contributed by atoms with E-state index in [9.17, 15) is 14.0 Å². The zero-order chi connectivity index (χ0) is 28.9. The van der Waals surface area contributed by atoms with Crippen molar-refractivity contribution >= 4 is 34.2 Å². The molecule has 1 aliphatic heterocycles. The summed E-state index contributed by atoms with van der Waals surface area (Å²) in [7, 11) is 4.00. The van der Waals surface area contributed by atoms with Gasteiger partial charge in [-0.1, -0.05) is 37.3 Å². The van der Waals surface area contributed by atoms with Crippen molar-refractivity contribution in [3.63, 3.8) is 0 Å². The van der Waals surface area contributed by atoms with Crippen LogP contribution in [0.3, 0.4) is 0 Å². The molecule has 4 aromatic rings. The van der Waals surface area contributed by atoms with Gasteiger partial charge in [-0.2, -0.15) is 0 Å². The maximum atomic E-state index is 13.8. The Morgan fingerprint density at radius 3 is 2.44 bits per heavy atom. The first kappa shape index (κ1) is 28.2. The van der Waals surface area contributed by atoms with Crippen LogP contribution >= 0.6 is 0 Å². The summed E-state index contributed by atoms with van der Waals surface area (Å²) in [6, 6.07) is 21.0. The van der Waals surface area contributed by atoms with Crippen LogP contribution < -0.4 is 15.5 Å². The number of aromatic amines is 1. The molecule has 0 saturated carbocycles. The minimum absolute atomic E-state index is 0.273. The molecule has 1 fully saturated rings. The van der Waals surface area contributed by atoms with E-state index in [-0.39, 0.29) is 23.7 Å². The third kappa shape index (κ3) is 6.69. The highest BCUT2D eigenvalue weighted by Gasteiger charge is 2.32. The van der Waals surface area contributed by atoms with E-state index in [1.807, 2.05) is 75.7 Å². The highest BCUT2D eigenvalue weighted by Crippen LogP contribution is 2.29. The topological polar surface area (TPSA) is 83.7 Å². The minimum Gasteiger partial charge on any atom is -0.368 e. The average molecular weight is 557 g/mol. The van der Waals surface area contributed by atoms with Gasteiger partial charge in [0.05, 0.1) is 0 Å². The van der Waals surface area contributed by atoms with Gasteiger partial charge in [-0.05, 0) is 67.7 Å². The van der Waals surface area contributed by atoms with Crippen LogP contribution in [0.25, 0.3) is 10.9 Å². The molecule has 2 unspecified atom stereocenters. The Morgan fingerprint density at radius 1 is 0.976 bits per heavy atom. The second-order valence-corrected chi connectivity index (χ2v) is 10.9. The Kier molecular flexibility index (Phi) is 8.54. The number of hydrogen-bond donors (Lipinski definition) is 3. The summed E-state index contributed by atoms with van der Waals surface area (Å²) in [4.78, 5) is 36.5. The van der Waals surface area contributed by atoms with Crippen molar-refractivity contribution in [1.29, 1.82) is 0 Å². The summed E-state index contributed by atoms with van der Waals surface area (Å²) in [6.07, 6.45) is 1.92. The molecule has 3 N–H and O–H groups in total. The summed E-state index contributed by atoms with van der Waals surface area (Å²) in [6.45, 7) is 4.94. The Bertz CT molecular complexity index is 1490. The number of hydrogen-bond acceptors (Lipinski definition) is 4. The molecule has 0 spiro atoms. The van der Waals surface area contributed by atoms with Crippen LogP contribution in [0.1, 0.15) is 24.0 Å². The van der Waals surface area contributed by atoms with Crippen LogP contribution in [0.2, 0.25) is 0 Å². The number of rotatable bonds is 8. The summed E-state index contributed by atoms with van der Waals surface area (Å²) < 4.78 is 13.4. The Balaban J connectivity index is 1.33. The zero-order valence-corrected chi connectivity index (χ0v) is 23.7. The largest absolute Gasteiger partial charge is 0.368 e. The number of amides is 3. The van der Waals surface area contributed by atoms with Crippen molar-refractivity contribution in [1.82, 2.24) is 20.1 Å². The summed E-state index contributed by atoms with van der Waals surface area (Å²) >= 11 is 0. The second-order valence-electron chi connectivity index (χ2n) is 10.9. The Morgan fingerprint density at radius 2 is 1.71 bits per heavy atom. The molecular weight excluding hydrogens is 519 g/mol. The predicted octanol–water partition coefficient (Wildman–Crippen LogP) is 5.01. The van der Waals surface area contributed by atoms with Crippen LogP contribution in [-0.2, 0) is 11.3 Å². The van der Waals surface area contributed by atoms with Crippen LogP contribution in [0, 0.1) is 5.82 Å². The third-order valence-corrected chi connectivity index (χ3v) is 7.63. The molecule has 0 aliphatic carbocycles. The van der Waals surface area contributed by atoms with Crippen LogP contribution in [0.4, 0.5) is 20.6 Å². The molecule has 3 aromatic carbocycles. The fourth-order valence-electron chi connectivity index (χ4n) is 5.44. The third-order valence-electron chi connectivity index (χ3n) is 7.63. The van der Waals surface area contributed by atoms with Crippen molar-refractivity contribution in [2.75, 3.05) is 50.5 Å². The van der Waals surface area contributed by atoms with E-state index in [0.717, 1.165) is 34.3 Å². The molecule has 2 atom stereocenters. The van der Waals surface area contributed by atoms with E-state index < -0.39 is 6.04 Å². The molecule has 41 heavy (non-hydrogen) atoms. The highest BCUT2D eigenvalue weighted by atomic mass is 19.1. The smallest absolute Gasteiger partial charge is 0.318 e. The molecule has 3 amide bonds. The number of fused-ring (bicyclic) bond motifs is 1. The number of nitrogens with zero attached hydrogens (tertiary/aromatic N) is 3. The SMILES string of the molecule is CC(c1c[nH]c2ccccc12)C(NC(=O)N1CCN(c2ccc(F)cc2)CC1)C(=O)Nc1cccc(CN(C)C)c1. The van der Waals surface area contributed by atoms with E-state index in [0.29, 0.717) is 31.9 Å². The van der Waals surface area contributed by atoms with Crippen LogP contribution in [-0.4, -0.2) is 73.0 Å². The number of carbonyl (C=O) groups excluding carboxylic acids is 2. The first-order valence-electron chi connectivity index (χ1n) is 13.9. The van der Waals surface area contributed by atoms with Gasteiger partial charge in [-0.25, -0.2) is 9.18 Å². The number of aromatic nitrogens is 1. The molecule has 5 rings (SSSR count). The quantitative estimate of drug-likeness (QED) is 0.285. The van der Waals surface area contributed by atoms with Crippen molar-refractivity contribution in [3.8, 4) is 0 Å². The Hall–Kier alpha value is -4.37. The minimum atomic E-state index is -0.811. The van der Waals surface area contributed by atoms with Crippen molar-refractivity contribution in [3.05, 3.63) is 95.9 Å². The molecule has 1 aromatic heterocycles. The fourth-order valence-corrected chi connectivity index (χ4v) is 5.44. The van der Waals surface area contributed by atoms with Gasteiger partial charge in [0.1, 0.15) is 11.9 Å². The number of anilines is 2. The van der Waals surface area contributed by atoms with Crippen LogP contribution in [0.5, 0.6) is 0 Å². The van der Waals surface area contributed by atoms with E-state index in [2.05, 4.69) is 25.4 Å². The van der Waals surface area contributed by atoms with E-state index in [1.165, 1.54) is 12.1 Å². The molecule has 1 aliphatic rings. The Labute approximate surface area is 240 Å². The van der Waals surface area contributed by atoms with Crippen LogP contribution in [0.15, 0.2) is 79.0 Å². The maximum absolute atomic E-state index is 13.8. The van der Waals surface area contributed by atoms with Crippen molar-refractivity contribution in [2.45, 2.75) is 25.4 Å². The summed E-state index contributed by atoms with van der Waals surface area (Å²) in [5.74, 6) is -0.853. The predicted molar refractivity (Wildman–Crippen MR) is 162 cm³/mol. The number of para-hydroxylation sites is 1. The number of piperazine rings is 1. The van der Waals surface area contributed by atoms with E-state index >= 15 is 0 Å². The van der Waals surface area contributed by atoms with Gasteiger partial charge in [0, 0.05) is 67.1 Å². The molecule has 8 nitrogen and oxygen atoms in total. The monoisotopic (exact) mass is 556 g/mol. The standard InChI is InChI=1S/C32H37FN6O2/c1-22(28-20-34-29-10-5-4-9-27(28)29)30(31(40)35-25-8-6-7-23(19-25)21-37(2)3)36-32(41)39-17-15-38(16-18-39)26-13-11-24(33)12-14-26/h4-14,19-20,22,30,34H,15-18,21H2,1-3H3,(H,35,40)(H,36,41). The van der Waals surface area contributed by atoms with E-state index in [1.54, 1.807) is 17.0 Å². The van der Waals surface area contributed by atoms with Gasteiger partial charge >= 0.3 is 6.03 Å². The number of H-pyrrole nitrogens is 1.